The Kier molecular flexibility index (Phi) is 2.80. The van der Waals surface area contributed by atoms with Crippen molar-refractivity contribution in [3.8, 4) is 0 Å². The third-order valence-electron chi connectivity index (χ3n) is 0.681. The van der Waals surface area contributed by atoms with Crippen LogP contribution in [0.5, 0.6) is 0 Å². The molecule has 0 aliphatic carbocycles. The van der Waals surface area contributed by atoms with Crippen LogP contribution in [0.4, 0.5) is 0 Å². The highest BCUT2D eigenvalue weighted by molar-refractivity contribution is 7.91. The lowest BCUT2D eigenvalue weighted by Crippen LogP contribution is -2.17. The Bertz CT molecular complexity index is 215. The summed E-state index contributed by atoms with van der Waals surface area (Å²) in [6, 6.07) is 0. The summed E-state index contributed by atoms with van der Waals surface area (Å²) in [5, 5.41) is 0. The van der Waals surface area contributed by atoms with Crippen LogP contribution in [0.2, 0.25) is 0 Å². The molecule has 0 aromatic carbocycles. The number of carbonyl (C=O) groups excluding carboxylic acids is 1. The Morgan fingerprint density at radius 2 is 2.11 bits per heavy atom. The largest absolute Gasteiger partial charge is 0.272 e. The maximum Gasteiger partial charge on any atom is 0.251 e. The van der Waals surface area contributed by atoms with Crippen molar-refractivity contribution in [1.29, 1.82) is 0 Å². The second-order valence-electron chi connectivity index (χ2n) is 1.62. The number of carbonyl (C=O) groups is 1. The Labute approximate surface area is 55.0 Å². The smallest absolute Gasteiger partial charge is 0.251 e. The van der Waals surface area contributed by atoms with E-state index >= 15 is 0 Å². The van der Waals surface area contributed by atoms with Gasteiger partial charge in [0, 0.05) is 13.2 Å². The van der Waals surface area contributed by atoms with Gasteiger partial charge in [-0.1, -0.05) is 0 Å². The predicted molar refractivity (Wildman–Crippen MR) is 36.2 cm³/mol. The Morgan fingerprint density at radius 3 is 2.22 bits per heavy atom. The van der Waals surface area contributed by atoms with Crippen molar-refractivity contribution in [3.63, 3.8) is 0 Å². The molecule has 0 aromatic heterocycles. The zero-order valence-corrected chi connectivity index (χ0v) is 6.49. The van der Waals surface area contributed by atoms with E-state index in [1.165, 1.54) is 20.2 Å². The molecule has 0 saturated heterocycles. The van der Waals surface area contributed by atoms with Crippen molar-refractivity contribution in [3.05, 3.63) is 0 Å². The molecule has 0 heterocycles. The minimum absolute atomic E-state index is 0.420. The van der Waals surface area contributed by atoms with Gasteiger partial charge in [-0.3, -0.25) is 4.79 Å². The van der Waals surface area contributed by atoms with Crippen LogP contribution < -0.4 is 4.72 Å². The van der Waals surface area contributed by atoms with Crippen LogP contribution in [0.15, 0.2) is 4.36 Å². The van der Waals surface area contributed by atoms with Crippen LogP contribution in [0.3, 0.4) is 0 Å². The second-order valence-corrected chi connectivity index (χ2v) is 3.81. The molecule has 0 bridgehead atoms. The van der Waals surface area contributed by atoms with Crippen LogP contribution in [-0.4, -0.2) is 23.4 Å². The molecule has 9 heavy (non-hydrogen) atoms. The molecule has 0 aliphatic rings. The highest BCUT2D eigenvalue weighted by Crippen LogP contribution is 1.82. The first-order chi connectivity index (χ1) is 3.98. The summed E-state index contributed by atoms with van der Waals surface area (Å²) >= 11 is 0. The monoisotopic (exact) mass is 150 g/mol. The van der Waals surface area contributed by atoms with Crippen molar-refractivity contribution in [2.75, 3.05) is 13.3 Å². The van der Waals surface area contributed by atoms with Crippen molar-refractivity contribution >= 4 is 15.8 Å². The summed E-state index contributed by atoms with van der Waals surface area (Å²) in [5.41, 5.74) is 0. The fourth-order valence-corrected chi connectivity index (χ4v) is 0.873. The average Bonchev–Trinajstić information content (AvgIpc) is 1.63. The average molecular weight is 150 g/mol. The molecule has 1 unspecified atom stereocenters. The highest BCUT2D eigenvalue weighted by Gasteiger charge is 1.95. The molecule has 1 N–H and O–H groups in total. The van der Waals surface area contributed by atoms with E-state index in [0.29, 0.717) is 0 Å². The minimum Gasteiger partial charge on any atom is -0.272 e. The van der Waals surface area contributed by atoms with Gasteiger partial charge in [0.1, 0.15) is 9.92 Å². The molecule has 0 fully saturated rings. The Morgan fingerprint density at radius 1 is 1.67 bits per heavy atom. The standard InChI is InChI=1S/C4H10N2O2S/c1-4(7)6-9(3,8)5-2/h1-3H3,(H,5,6,7,8). The van der Waals surface area contributed by atoms with Gasteiger partial charge in [-0.05, 0) is 7.05 Å². The zero-order chi connectivity index (χ0) is 7.49. The SMILES string of the molecule is CNS(C)(=O)=NC(C)=O. The Hall–Kier alpha value is -0.420. The van der Waals surface area contributed by atoms with E-state index in [0.717, 1.165) is 0 Å². The van der Waals surface area contributed by atoms with E-state index in [1.807, 2.05) is 0 Å². The van der Waals surface area contributed by atoms with Crippen LogP contribution in [0, 0.1) is 0 Å². The molecule has 1 atom stereocenters. The number of amides is 1. The number of nitrogens with zero attached hydrogens (tertiary/aromatic N) is 1. The lowest BCUT2D eigenvalue weighted by atomic mass is 10.8. The minimum atomic E-state index is -2.44. The third-order valence-corrected chi connectivity index (χ3v) is 2.04. The normalized spacial score (nSPS) is 16.3. The molecule has 54 valence electrons. The van der Waals surface area contributed by atoms with Gasteiger partial charge in [0.05, 0.1) is 0 Å². The molecule has 0 spiro atoms. The summed E-state index contributed by atoms with van der Waals surface area (Å²) < 4.78 is 16.6. The first-order valence-corrected chi connectivity index (χ1v) is 4.31. The van der Waals surface area contributed by atoms with Gasteiger partial charge in [-0.25, -0.2) is 8.93 Å². The van der Waals surface area contributed by atoms with Gasteiger partial charge in [-0.2, -0.15) is 0 Å². The van der Waals surface area contributed by atoms with Crippen LogP contribution >= 0.6 is 0 Å². The summed E-state index contributed by atoms with van der Waals surface area (Å²) in [7, 11) is -0.948. The molecule has 5 heteroatoms. The van der Waals surface area contributed by atoms with Crippen molar-refractivity contribution in [2.45, 2.75) is 6.92 Å². The topological polar surface area (TPSA) is 58.5 Å². The van der Waals surface area contributed by atoms with E-state index in [9.17, 15) is 9.00 Å². The van der Waals surface area contributed by atoms with Gasteiger partial charge >= 0.3 is 0 Å². The van der Waals surface area contributed by atoms with Crippen molar-refractivity contribution in [1.82, 2.24) is 4.72 Å². The van der Waals surface area contributed by atoms with E-state index in [-0.39, 0.29) is 0 Å². The number of hydrogen-bond donors (Lipinski definition) is 1. The number of nitrogens with one attached hydrogen (secondary N) is 1. The predicted octanol–water partition coefficient (Wildman–Crippen LogP) is -0.235. The van der Waals surface area contributed by atoms with Gasteiger partial charge in [0.25, 0.3) is 5.91 Å². The van der Waals surface area contributed by atoms with E-state index in [4.69, 9.17) is 0 Å². The number of hydrogen-bond acceptors (Lipinski definition) is 2. The zero-order valence-electron chi connectivity index (χ0n) is 5.67. The first kappa shape index (κ1) is 8.58. The third kappa shape index (κ3) is 4.11. The molecule has 0 radical (unpaired) electrons. The molecule has 1 amide bonds. The fraction of sp³-hybridized carbons (Fsp3) is 0.750. The van der Waals surface area contributed by atoms with Gasteiger partial charge < -0.3 is 0 Å². The van der Waals surface area contributed by atoms with Crippen LogP contribution in [0.25, 0.3) is 0 Å². The van der Waals surface area contributed by atoms with Crippen LogP contribution in [0.1, 0.15) is 6.92 Å². The quantitative estimate of drug-likeness (QED) is 0.561. The lowest BCUT2D eigenvalue weighted by Gasteiger charge is -1.96. The first-order valence-electron chi connectivity index (χ1n) is 2.39. The summed E-state index contributed by atoms with van der Waals surface area (Å²) in [6.07, 6.45) is 1.37. The van der Waals surface area contributed by atoms with E-state index in [2.05, 4.69) is 9.08 Å². The molecule has 4 nitrogen and oxygen atoms in total. The van der Waals surface area contributed by atoms with Gasteiger partial charge in [-0.15, -0.1) is 4.36 Å². The highest BCUT2D eigenvalue weighted by atomic mass is 32.2. The fourth-order valence-electron chi connectivity index (χ4n) is 0.291. The molecule has 0 aliphatic heterocycles. The molecular weight excluding hydrogens is 140 g/mol. The molecule has 0 aromatic rings. The lowest BCUT2D eigenvalue weighted by molar-refractivity contribution is -0.115. The molecule has 0 saturated carbocycles. The summed E-state index contributed by atoms with van der Waals surface area (Å²) in [4.78, 5) is 10.2. The van der Waals surface area contributed by atoms with Crippen LogP contribution in [-0.2, 0) is 14.7 Å². The maximum atomic E-state index is 10.9. The maximum absolute atomic E-state index is 10.9. The van der Waals surface area contributed by atoms with Gasteiger partial charge in [0.15, 0.2) is 0 Å². The second kappa shape index (κ2) is 2.93. The summed E-state index contributed by atoms with van der Waals surface area (Å²) in [6.45, 7) is 1.26. The van der Waals surface area contributed by atoms with E-state index in [1.54, 1.807) is 0 Å². The van der Waals surface area contributed by atoms with Gasteiger partial charge in [0.2, 0.25) is 0 Å². The van der Waals surface area contributed by atoms with Crippen molar-refractivity contribution < 1.29 is 9.00 Å². The molecular formula is C4H10N2O2S. The Balaban J connectivity index is 4.50. The number of rotatable bonds is 1. The molecule has 0 rings (SSSR count). The van der Waals surface area contributed by atoms with E-state index < -0.39 is 15.8 Å². The summed E-state index contributed by atoms with van der Waals surface area (Å²) in [5.74, 6) is -0.420. The van der Waals surface area contributed by atoms with Crippen molar-refractivity contribution in [2.24, 2.45) is 4.36 Å².